The molecule has 0 saturated heterocycles. The Balaban J connectivity index is 1.49. The highest BCUT2D eigenvalue weighted by Crippen LogP contribution is 2.20. The van der Waals surface area contributed by atoms with Crippen LogP contribution >= 0.6 is 0 Å². The molecule has 3 aromatic rings. The molecule has 0 saturated carbocycles. The molecule has 0 radical (unpaired) electrons. The Bertz CT molecular complexity index is 1030. The molecule has 10 heteroatoms. The molecule has 3 rings (SSSR count). The maximum Gasteiger partial charge on any atom is 0.319 e. The molecule has 0 fully saturated rings. The summed E-state index contributed by atoms with van der Waals surface area (Å²) in [6.07, 6.45) is 0. The molecule has 0 atom stereocenters. The van der Waals surface area contributed by atoms with Crippen LogP contribution in [-0.4, -0.2) is 36.2 Å². The number of carbonyl (C=O) groups excluding carboxylic acids is 1. The lowest BCUT2D eigenvalue weighted by Crippen LogP contribution is -2.32. The number of urea groups is 1. The number of aromatic nitrogens is 2. The third-order valence-corrected chi connectivity index (χ3v) is 4.03. The monoisotopic (exact) mass is 428 g/mol. The highest BCUT2D eigenvalue weighted by molar-refractivity contribution is 5.89. The molecule has 0 aliphatic heterocycles. The first-order valence-corrected chi connectivity index (χ1v) is 9.43. The summed E-state index contributed by atoms with van der Waals surface area (Å²) in [5.74, 6) is 0.218. The molecule has 8 nitrogen and oxygen atoms in total. The molecule has 1 heterocycles. The SMILES string of the molecule is COc1ccc(Nc2cc(C)nc(NCCNC(=O)Nc3cc(F)cc(F)c3)n2)cc1. The number of carbonyl (C=O) groups is 1. The van der Waals surface area contributed by atoms with E-state index in [1.807, 2.05) is 31.2 Å². The number of halogens is 2. The van der Waals surface area contributed by atoms with E-state index >= 15 is 0 Å². The zero-order valence-corrected chi connectivity index (χ0v) is 17.0. The van der Waals surface area contributed by atoms with Gasteiger partial charge in [-0.2, -0.15) is 4.98 Å². The van der Waals surface area contributed by atoms with Gasteiger partial charge >= 0.3 is 6.03 Å². The quantitative estimate of drug-likeness (QED) is 0.404. The summed E-state index contributed by atoms with van der Waals surface area (Å²) in [7, 11) is 1.61. The van der Waals surface area contributed by atoms with Crippen LogP contribution < -0.4 is 26.0 Å². The van der Waals surface area contributed by atoms with Crippen LogP contribution in [-0.2, 0) is 0 Å². The summed E-state index contributed by atoms with van der Waals surface area (Å²) in [6, 6.07) is 11.4. The number of methoxy groups -OCH3 is 1. The number of anilines is 4. The van der Waals surface area contributed by atoms with Gasteiger partial charge in [-0.3, -0.25) is 0 Å². The lowest BCUT2D eigenvalue weighted by atomic mass is 10.3. The normalized spacial score (nSPS) is 10.3. The first-order chi connectivity index (χ1) is 14.9. The van der Waals surface area contributed by atoms with Crippen molar-refractivity contribution < 1.29 is 18.3 Å². The average Bonchev–Trinajstić information content (AvgIpc) is 2.70. The molecular weight excluding hydrogens is 406 g/mol. The van der Waals surface area contributed by atoms with Crippen LogP contribution in [0.25, 0.3) is 0 Å². The van der Waals surface area contributed by atoms with E-state index in [9.17, 15) is 13.6 Å². The summed E-state index contributed by atoms with van der Waals surface area (Å²) >= 11 is 0. The molecule has 0 aliphatic carbocycles. The summed E-state index contributed by atoms with van der Waals surface area (Å²) < 4.78 is 31.5. The predicted octanol–water partition coefficient (Wildman–Crippen LogP) is 4.05. The lowest BCUT2D eigenvalue weighted by molar-refractivity contribution is 0.252. The molecule has 162 valence electrons. The molecule has 0 spiro atoms. The van der Waals surface area contributed by atoms with E-state index in [0.717, 1.165) is 35.3 Å². The van der Waals surface area contributed by atoms with Gasteiger partial charge in [-0.1, -0.05) is 0 Å². The van der Waals surface area contributed by atoms with Gasteiger partial charge in [0.2, 0.25) is 5.95 Å². The molecule has 0 bridgehead atoms. The maximum absolute atomic E-state index is 13.2. The van der Waals surface area contributed by atoms with Gasteiger partial charge in [0.25, 0.3) is 0 Å². The molecule has 2 aromatic carbocycles. The number of nitrogens with zero attached hydrogens (tertiary/aromatic N) is 2. The van der Waals surface area contributed by atoms with Crippen molar-refractivity contribution in [2.75, 3.05) is 36.1 Å². The summed E-state index contributed by atoms with van der Waals surface area (Å²) in [5, 5.41) is 11.2. The Labute approximate surface area is 178 Å². The minimum absolute atomic E-state index is 0.0271. The van der Waals surface area contributed by atoms with E-state index in [1.54, 1.807) is 13.2 Å². The third kappa shape index (κ3) is 6.81. The smallest absolute Gasteiger partial charge is 0.319 e. The number of rotatable bonds is 8. The summed E-state index contributed by atoms with van der Waals surface area (Å²) in [4.78, 5) is 20.6. The number of aryl methyl sites for hydroxylation is 1. The van der Waals surface area contributed by atoms with E-state index in [0.29, 0.717) is 18.3 Å². The summed E-state index contributed by atoms with van der Waals surface area (Å²) in [6.45, 7) is 2.43. The predicted molar refractivity (Wildman–Crippen MR) is 115 cm³/mol. The second-order valence-corrected chi connectivity index (χ2v) is 6.54. The van der Waals surface area contributed by atoms with Crippen LogP contribution in [0.15, 0.2) is 48.5 Å². The van der Waals surface area contributed by atoms with E-state index in [4.69, 9.17) is 4.74 Å². The van der Waals surface area contributed by atoms with Crippen molar-refractivity contribution in [1.29, 1.82) is 0 Å². The van der Waals surface area contributed by atoms with Crippen molar-refractivity contribution >= 4 is 29.2 Å². The van der Waals surface area contributed by atoms with E-state index < -0.39 is 17.7 Å². The van der Waals surface area contributed by atoms with E-state index in [-0.39, 0.29) is 12.2 Å². The zero-order valence-electron chi connectivity index (χ0n) is 17.0. The number of hydrogen-bond acceptors (Lipinski definition) is 6. The average molecular weight is 428 g/mol. The number of amides is 2. The molecule has 0 unspecified atom stereocenters. The Morgan fingerprint density at radius 1 is 0.968 bits per heavy atom. The van der Waals surface area contributed by atoms with Gasteiger partial charge in [0, 0.05) is 42.3 Å². The first kappa shape index (κ1) is 21.8. The molecule has 4 N–H and O–H groups in total. The van der Waals surface area contributed by atoms with Crippen LogP contribution in [0.1, 0.15) is 5.69 Å². The number of benzene rings is 2. The zero-order chi connectivity index (χ0) is 22.2. The molecule has 31 heavy (non-hydrogen) atoms. The van der Waals surface area contributed by atoms with E-state index in [2.05, 4.69) is 31.2 Å². The summed E-state index contributed by atoms with van der Waals surface area (Å²) in [5.41, 5.74) is 1.63. The Morgan fingerprint density at radius 3 is 2.35 bits per heavy atom. The second kappa shape index (κ2) is 10.2. The van der Waals surface area contributed by atoms with Crippen molar-refractivity contribution in [2.24, 2.45) is 0 Å². The molecule has 2 amide bonds. The largest absolute Gasteiger partial charge is 0.497 e. The van der Waals surface area contributed by atoms with Gasteiger partial charge in [-0.25, -0.2) is 18.6 Å². The first-order valence-electron chi connectivity index (χ1n) is 9.43. The highest BCUT2D eigenvalue weighted by Gasteiger charge is 2.06. The van der Waals surface area contributed by atoms with Crippen molar-refractivity contribution in [2.45, 2.75) is 6.92 Å². The fraction of sp³-hybridized carbons (Fsp3) is 0.190. The number of nitrogens with one attached hydrogen (secondary N) is 4. The standard InChI is InChI=1S/C21H22F2N6O2/c1-13-9-19(27-16-3-5-18(31-2)6-4-16)29-20(26-13)24-7-8-25-21(30)28-17-11-14(22)10-15(23)12-17/h3-6,9-12H,7-8H2,1-2H3,(H2,25,28,30)(H2,24,26,27,29). The fourth-order valence-corrected chi connectivity index (χ4v) is 2.69. The highest BCUT2D eigenvalue weighted by atomic mass is 19.1. The van der Waals surface area contributed by atoms with Gasteiger partial charge in [-0.15, -0.1) is 0 Å². The fourth-order valence-electron chi connectivity index (χ4n) is 2.69. The van der Waals surface area contributed by atoms with Crippen LogP contribution in [0.3, 0.4) is 0 Å². The van der Waals surface area contributed by atoms with Gasteiger partial charge < -0.3 is 26.0 Å². The Morgan fingerprint density at radius 2 is 1.68 bits per heavy atom. The van der Waals surface area contributed by atoms with Gasteiger partial charge in [0.15, 0.2) is 0 Å². The maximum atomic E-state index is 13.2. The number of hydrogen-bond donors (Lipinski definition) is 4. The molecular formula is C21H22F2N6O2. The van der Waals surface area contributed by atoms with Gasteiger partial charge in [-0.05, 0) is 43.3 Å². The minimum Gasteiger partial charge on any atom is -0.497 e. The van der Waals surface area contributed by atoms with Crippen LogP contribution in [0.2, 0.25) is 0 Å². The van der Waals surface area contributed by atoms with Crippen molar-refractivity contribution in [1.82, 2.24) is 15.3 Å². The van der Waals surface area contributed by atoms with Crippen molar-refractivity contribution in [3.8, 4) is 5.75 Å². The topological polar surface area (TPSA) is 100 Å². The number of ether oxygens (including phenoxy) is 1. The lowest BCUT2D eigenvalue weighted by Gasteiger charge is -2.11. The Hall–Kier alpha value is -3.95. The van der Waals surface area contributed by atoms with Crippen LogP contribution in [0.5, 0.6) is 5.75 Å². The second-order valence-electron chi connectivity index (χ2n) is 6.54. The van der Waals surface area contributed by atoms with Crippen molar-refractivity contribution in [3.05, 3.63) is 65.9 Å². The van der Waals surface area contributed by atoms with Crippen LogP contribution in [0.4, 0.5) is 36.7 Å². The molecule has 0 aliphatic rings. The van der Waals surface area contributed by atoms with Gasteiger partial charge in [0.05, 0.1) is 7.11 Å². The van der Waals surface area contributed by atoms with E-state index in [1.165, 1.54) is 0 Å². The van der Waals surface area contributed by atoms with Crippen LogP contribution in [0, 0.1) is 18.6 Å². The Kier molecular flexibility index (Phi) is 7.15. The van der Waals surface area contributed by atoms with Gasteiger partial charge in [0.1, 0.15) is 23.2 Å². The minimum atomic E-state index is -0.771. The third-order valence-electron chi connectivity index (χ3n) is 4.03. The molecule has 1 aromatic heterocycles. The van der Waals surface area contributed by atoms with Crippen molar-refractivity contribution in [3.63, 3.8) is 0 Å².